The maximum Gasteiger partial charge on any atom is 0.240 e. The number of nitrogens with zero attached hydrogens (tertiary/aromatic N) is 2. The minimum absolute atomic E-state index is 0.0102. The fraction of sp³-hybridized carbons (Fsp3) is 0.357. The summed E-state index contributed by atoms with van der Waals surface area (Å²) in [5.74, 6) is 1.48. The Morgan fingerprint density at radius 3 is 2.68 bits per heavy atom. The van der Waals surface area contributed by atoms with E-state index in [9.17, 15) is 9.18 Å². The van der Waals surface area contributed by atoms with Crippen LogP contribution in [0.5, 0.6) is 0 Å². The highest BCUT2D eigenvalue weighted by atomic mass is 79.9. The molecule has 0 aromatic heterocycles. The number of benzene rings is 1. The van der Waals surface area contributed by atoms with Gasteiger partial charge in [-0.2, -0.15) is 0 Å². The highest BCUT2D eigenvalue weighted by molar-refractivity contribution is 9.10. The van der Waals surface area contributed by atoms with Gasteiger partial charge in [0.25, 0.3) is 0 Å². The monoisotopic (exact) mass is 324 g/mol. The Kier molecular flexibility index (Phi) is 4.56. The molecule has 1 aliphatic rings. The number of halogens is 2. The van der Waals surface area contributed by atoms with Gasteiger partial charge in [-0.3, -0.25) is 4.79 Å². The van der Waals surface area contributed by atoms with Gasteiger partial charge in [-0.1, -0.05) is 15.9 Å². The number of hydrogen-bond acceptors (Lipinski definition) is 3. The third-order valence-electron chi connectivity index (χ3n) is 3.00. The van der Waals surface area contributed by atoms with Gasteiger partial charge in [-0.05, 0) is 25.2 Å². The van der Waals surface area contributed by atoms with Gasteiger partial charge in [-0.15, -0.1) is 0 Å². The molecule has 1 fully saturated rings. The zero-order valence-corrected chi connectivity index (χ0v) is 12.2. The molecule has 0 unspecified atom stereocenters. The molecule has 0 spiro atoms. The molecule has 1 aromatic rings. The van der Waals surface area contributed by atoms with Gasteiger partial charge in [0.1, 0.15) is 5.82 Å². The van der Waals surface area contributed by atoms with Crippen LogP contribution >= 0.6 is 15.9 Å². The summed E-state index contributed by atoms with van der Waals surface area (Å²) in [6.07, 6.45) is 0. The van der Waals surface area contributed by atoms with Crippen molar-refractivity contribution >= 4 is 21.7 Å². The van der Waals surface area contributed by atoms with Gasteiger partial charge in [0.2, 0.25) is 5.78 Å². The van der Waals surface area contributed by atoms with E-state index in [1.54, 1.807) is 6.07 Å². The molecule has 2 rings (SSSR count). The number of piperazine rings is 1. The van der Waals surface area contributed by atoms with Crippen LogP contribution in [-0.2, 0) is 0 Å². The van der Waals surface area contributed by atoms with E-state index in [0.717, 1.165) is 26.2 Å². The Balaban J connectivity index is 2.07. The van der Waals surface area contributed by atoms with E-state index in [1.807, 2.05) is 11.9 Å². The summed E-state index contributed by atoms with van der Waals surface area (Å²) in [5.41, 5.74) is 0.0102. The van der Waals surface area contributed by atoms with Crippen molar-refractivity contribution in [2.75, 3.05) is 33.2 Å². The zero-order valence-electron chi connectivity index (χ0n) is 10.6. The second kappa shape index (κ2) is 6.18. The first-order chi connectivity index (χ1) is 9.06. The lowest BCUT2D eigenvalue weighted by Crippen LogP contribution is -2.42. The molecular weight excluding hydrogens is 311 g/mol. The van der Waals surface area contributed by atoms with E-state index in [2.05, 4.69) is 32.8 Å². The van der Waals surface area contributed by atoms with Crippen molar-refractivity contribution in [2.24, 2.45) is 0 Å². The fourth-order valence-corrected chi connectivity index (χ4v) is 2.15. The van der Waals surface area contributed by atoms with Gasteiger partial charge in [0, 0.05) is 42.6 Å². The van der Waals surface area contributed by atoms with E-state index in [-0.39, 0.29) is 5.56 Å². The summed E-state index contributed by atoms with van der Waals surface area (Å²) in [6, 6.07) is 7.08. The molecule has 1 saturated heterocycles. The van der Waals surface area contributed by atoms with Crippen molar-refractivity contribution in [3.05, 3.63) is 34.1 Å². The number of carbonyl (C=O) groups is 1. The van der Waals surface area contributed by atoms with E-state index in [0.29, 0.717) is 4.47 Å². The number of carbonyl (C=O) groups excluding carboxylic acids is 1. The highest BCUT2D eigenvalue weighted by Crippen LogP contribution is 2.15. The molecule has 100 valence electrons. The first kappa shape index (κ1) is 14.0. The number of ketones is 1. The summed E-state index contributed by atoms with van der Waals surface area (Å²) >= 11 is 3.22. The Labute approximate surface area is 120 Å². The van der Waals surface area contributed by atoms with Gasteiger partial charge >= 0.3 is 0 Å². The van der Waals surface area contributed by atoms with Crippen molar-refractivity contribution in [1.29, 1.82) is 0 Å². The number of Topliss-reactive ketones (excluding diaryl/α,β-unsaturated/α-hetero) is 1. The minimum atomic E-state index is -0.541. The summed E-state index contributed by atoms with van der Waals surface area (Å²) in [5, 5.41) is 0. The number of likely N-dealkylation sites (N-methyl/N-ethyl adjacent to an activating group) is 1. The van der Waals surface area contributed by atoms with Crippen LogP contribution < -0.4 is 0 Å². The Bertz CT molecular complexity index is 542. The van der Waals surface area contributed by atoms with Crippen molar-refractivity contribution in [3.63, 3.8) is 0 Å². The smallest absolute Gasteiger partial charge is 0.240 e. The molecule has 5 heteroatoms. The minimum Gasteiger partial charge on any atom is -0.330 e. The third-order valence-corrected chi connectivity index (χ3v) is 3.50. The molecule has 1 aromatic carbocycles. The summed E-state index contributed by atoms with van der Waals surface area (Å²) in [7, 11) is 2.05. The lowest BCUT2D eigenvalue weighted by Gasteiger charge is -2.29. The first-order valence-electron chi connectivity index (χ1n) is 6.01. The average molecular weight is 325 g/mol. The van der Waals surface area contributed by atoms with E-state index >= 15 is 0 Å². The maximum atomic E-state index is 13.5. The van der Waals surface area contributed by atoms with Crippen LogP contribution in [0.2, 0.25) is 0 Å². The van der Waals surface area contributed by atoms with Crippen LogP contribution in [0.1, 0.15) is 10.4 Å². The van der Waals surface area contributed by atoms with Crippen molar-refractivity contribution in [2.45, 2.75) is 0 Å². The topological polar surface area (TPSA) is 23.6 Å². The third kappa shape index (κ3) is 3.79. The van der Waals surface area contributed by atoms with Crippen LogP contribution in [-0.4, -0.2) is 48.8 Å². The number of rotatable bonds is 1. The molecule has 0 N–H and O–H groups in total. The lowest BCUT2D eigenvalue weighted by molar-refractivity contribution is 0.105. The first-order valence-corrected chi connectivity index (χ1v) is 6.80. The molecule has 0 aliphatic carbocycles. The fourth-order valence-electron chi connectivity index (χ4n) is 1.79. The van der Waals surface area contributed by atoms with E-state index in [4.69, 9.17) is 0 Å². The molecule has 0 saturated carbocycles. The van der Waals surface area contributed by atoms with Crippen molar-refractivity contribution < 1.29 is 9.18 Å². The SMILES string of the molecule is CN1CCN(C#CC(=O)c2cc(Br)ccc2F)CC1. The summed E-state index contributed by atoms with van der Waals surface area (Å²) in [4.78, 5) is 16.0. The standard InChI is InChI=1S/C14H14BrFN2O/c1-17-6-8-18(9-7-17)5-4-14(19)12-10-11(15)2-3-13(12)16/h2-3,10H,6-9H2,1H3. The summed E-state index contributed by atoms with van der Waals surface area (Å²) in [6.45, 7) is 3.46. The van der Waals surface area contributed by atoms with E-state index < -0.39 is 11.6 Å². The molecule has 0 radical (unpaired) electrons. The quantitative estimate of drug-likeness (QED) is 0.583. The molecule has 0 amide bonds. The van der Waals surface area contributed by atoms with Gasteiger partial charge in [0.15, 0.2) is 0 Å². The predicted molar refractivity (Wildman–Crippen MR) is 75.3 cm³/mol. The van der Waals surface area contributed by atoms with Crippen LogP contribution in [0.3, 0.4) is 0 Å². The molecule has 1 aliphatic heterocycles. The normalized spacial score (nSPS) is 15.8. The van der Waals surface area contributed by atoms with Crippen molar-refractivity contribution in [3.8, 4) is 12.0 Å². The van der Waals surface area contributed by atoms with Gasteiger partial charge in [-0.25, -0.2) is 4.39 Å². The zero-order chi connectivity index (χ0) is 13.8. The number of hydrogen-bond donors (Lipinski definition) is 0. The van der Waals surface area contributed by atoms with Crippen LogP contribution in [0.4, 0.5) is 4.39 Å². The molecule has 3 nitrogen and oxygen atoms in total. The Morgan fingerprint density at radius 1 is 1.32 bits per heavy atom. The van der Waals surface area contributed by atoms with Crippen LogP contribution in [0.15, 0.2) is 22.7 Å². The van der Waals surface area contributed by atoms with Crippen molar-refractivity contribution in [1.82, 2.24) is 9.80 Å². The Morgan fingerprint density at radius 2 is 2.00 bits per heavy atom. The van der Waals surface area contributed by atoms with E-state index in [1.165, 1.54) is 12.1 Å². The lowest BCUT2D eigenvalue weighted by atomic mass is 10.1. The molecule has 19 heavy (non-hydrogen) atoms. The van der Waals surface area contributed by atoms with Gasteiger partial charge in [0.05, 0.1) is 5.56 Å². The summed E-state index contributed by atoms with van der Waals surface area (Å²) < 4.78 is 14.2. The second-order valence-electron chi connectivity index (χ2n) is 4.48. The molecular formula is C14H14BrFN2O. The van der Waals surface area contributed by atoms with Crippen LogP contribution in [0, 0.1) is 17.8 Å². The second-order valence-corrected chi connectivity index (χ2v) is 5.40. The molecule has 1 heterocycles. The maximum absolute atomic E-state index is 13.5. The average Bonchev–Trinajstić information content (AvgIpc) is 2.40. The largest absolute Gasteiger partial charge is 0.330 e. The van der Waals surface area contributed by atoms with Gasteiger partial charge < -0.3 is 9.80 Å². The molecule has 0 atom stereocenters. The van der Waals surface area contributed by atoms with Crippen LogP contribution in [0.25, 0.3) is 0 Å². The highest BCUT2D eigenvalue weighted by Gasteiger charge is 2.12. The predicted octanol–water partition coefficient (Wildman–Crippen LogP) is 1.98. The Hall–Kier alpha value is -1.38. The molecule has 0 bridgehead atoms.